The third-order valence-corrected chi connectivity index (χ3v) is 15.4. The number of nitrogens with zero attached hydrogens (tertiary/aromatic N) is 3. The van der Waals surface area contributed by atoms with Gasteiger partial charge in [-0.1, -0.05) is 109 Å². The minimum absolute atomic E-state index is 0.233. The van der Waals surface area contributed by atoms with Crippen LogP contribution in [0.3, 0.4) is 0 Å². The van der Waals surface area contributed by atoms with Crippen molar-refractivity contribution in [1.82, 2.24) is 14.5 Å². The molecule has 9 aromatic rings. The summed E-state index contributed by atoms with van der Waals surface area (Å²) in [7, 11) is 0. The van der Waals surface area contributed by atoms with E-state index in [0.717, 1.165) is 62.8 Å². The fourth-order valence-corrected chi connectivity index (χ4v) is 13.6. The first kappa shape index (κ1) is 29.3. The molecule has 0 amide bonds. The minimum Gasteiger partial charge on any atom is -0.292 e. The molecule has 6 atom stereocenters. The first-order valence-electron chi connectivity index (χ1n) is 20.2. The Balaban J connectivity index is 0.954. The van der Waals surface area contributed by atoms with Crippen LogP contribution in [0.1, 0.15) is 36.8 Å². The van der Waals surface area contributed by atoms with Gasteiger partial charge in [0.25, 0.3) is 0 Å². The van der Waals surface area contributed by atoms with E-state index >= 15 is 0 Å². The SMILES string of the molecule is c1ccc2c(c1)-c1cc(-c3ccc4c(c3)c3ccccc3n4-c3nc4ccccc4nc3-c3ccc4ccccc4c3)ccc1C21C2CC3CC4CC1C42C3. The van der Waals surface area contributed by atoms with Crippen molar-refractivity contribution in [1.29, 1.82) is 0 Å². The van der Waals surface area contributed by atoms with Crippen molar-refractivity contribution in [2.24, 2.45) is 29.1 Å². The summed E-state index contributed by atoms with van der Waals surface area (Å²) in [6.45, 7) is 0. The third kappa shape index (κ3) is 3.42. The van der Waals surface area contributed by atoms with Crippen LogP contribution in [0, 0.1) is 29.1 Å². The van der Waals surface area contributed by atoms with Gasteiger partial charge in [0.1, 0.15) is 5.69 Å². The molecule has 4 saturated carbocycles. The molecular formula is C52H37N3. The molecule has 14 rings (SSSR count). The number of aromatic nitrogens is 3. The summed E-state index contributed by atoms with van der Waals surface area (Å²) >= 11 is 0. The van der Waals surface area contributed by atoms with Gasteiger partial charge in [-0.05, 0) is 141 Å². The van der Waals surface area contributed by atoms with E-state index in [0.29, 0.717) is 5.41 Å². The Morgan fingerprint density at radius 3 is 2.15 bits per heavy atom. The molecule has 3 heteroatoms. The lowest BCUT2D eigenvalue weighted by Gasteiger charge is -2.76. The Morgan fingerprint density at radius 2 is 1.22 bits per heavy atom. The second kappa shape index (κ2) is 9.97. The van der Waals surface area contributed by atoms with Gasteiger partial charge in [0.2, 0.25) is 0 Å². The van der Waals surface area contributed by atoms with Crippen LogP contribution in [0.15, 0.2) is 152 Å². The highest BCUT2D eigenvalue weighted by atomic mass is 15.1. The van der Waals surface area contributed by atoms with Gasteiger partial charge in [-0.3, -0.25) is 4.57 Å². The zero-order chi connectivity index (χ0) is 35.6. The van der Waals surface area contributed by atoms with Gasteiger partial charge in [-0.15, -0.1) is 0 Å². The molecule has 260 valence electrons. The van der Waals surface area contributed by atoms with Gasteiger partial charge in [-0.25, -0.2) is 9.97 Å². The molecule has 0 saturated heterocycles. The van der Waals surface area contributed by atoms with Gasteiger partial charge < -0.3 is 0 Å². The van der Waals surface area contributed by atoms with E-state index in [1.807, 2.05) is 6.07 Å². The molecule has 2 aromatic heterocycles. The van der Waals surface area contributed by atoms with E-state index in [4.69, 9.17) is 9.97 Å². The van der Waals surface area contributed by atoms with Gasteiger partial charge in [0.15, 0.2) is 5.82 Å². The maximum atomic E-state index is 5.39. The summed E-state index contributed by atoms with van der Waals surface area (Å²) in [5, 5.41) is 4.86. The molecule has 4 fully saturated rings. The molecule has 2 heterocycles. The second-order valence-corrected chi connectivity index (χ2v) is 17.4. The lowest BCUT2D eigenvalue weighted by Crippen LogP contribution is -2.73. The molecule has 6 unspecified atom stereocenters. The molecule has 7 aromatic carbocycles. The van der Waals surface area contributed by atoms with Crippen LogP contribution >= 0.6 is 0 Å². The van der Waals surface area contributed by atoms with E-state index < -0.39 is 0 Å². The lowest BCUT2D eigenvalue weighted by atomic mass is 9.27. The molecule has 55 heavy (non-hydrogen) atoms. The number of benzene rings is 7. The van der Waals surface area contributed by atoms with Gasteiger partial charge in [0, 0.05) is 21.8 Å². The van der Waals surface area contributed by atoms with Crippen LogP contribution in [0.5, 0.6) is 0 Å². The first-order chi connectivity index (χ1) is 27.2. The van der Waals surface area contributed by atoms with Crippen molar-refractivity contribution in [2.45, 2.75) is 31.1 Å². The largest absolute Gasteiger partial charge is 0.292 e. The summed E-state index contributed by atoms with van der Waals surface area (Å²) in [6, 6.07) is 56.2. The molecule has 2 spiro atoms. The Labute approximate surface area is 319 Å². The smallest absolute Gasteiger partial charge is 0.165 e. The van der Waals surface area contributed by atoms with Crippen molar-refractivity contribution in [3.63, 3.8) is 0 Å². The van der Waals surface area contributed by atoms with Gasteiger partial charge in [-0.2, -0.15) is 0 Å². The summed E-state index contributed by atoms with van der Waals surface area (Å²) in [5.74, 6) is 4.48. The van der Waals surface area contributed by atoms with Gasteiger partial charge >= 0.3 is 0 Å². The predicted octanol–water partition coefficient (Wildman–Crippen LogP) is 12.5. The zero-order valence-corrected chi connectivity index (χ0v) is 30.4. The van der Waals surface area contributed by atoms with E-state index in [9.17, 15) is 0 Å². The monoisotopic (exact) mass is 703 g/mol. The minimum atomic E-state index is 0.233. The predicted molar refractivity (Wildman–Crippen MR) is 223 cm³/mol. The van der Waals surface area contributed by atoms with Crippen LogP contribution < -0.4 is 0 Å². The molecule has 3 nitrogen and oxygen atoms in total. The average molecular weight is 704 g/mol. The Bertz CT molecular complexity index is 3170. The van der Waals surface area contributed by atoms with Crippen molar-refractivity contribution < 1.29 is 0 Å². The third-order valence-electron chi connectivity index (χ3n) is 15.4. The summed E-state index contributed by atoms with van der Waals surface area (Å²) < 4.78 is 2.34. The van der Waals surface area contributed by atoms with Crippen LogP contribution in [0.4, 0.5) is 0 Å². The number of rotatable bonds is 3. The fraction of sp³-hybridized carbons (Fsp3) is 0.192. The number of hydrogen-bond donors (Lipinski definition) is 0. The Kier molecular flexibility index (Phi) is 5.31. The maximum Gasteiger partial charge on any atom is 0.165 e. The molecule has 0 N–H and O–H groups in total. The maximum absolute atomic E-state index is 5.39. The Hall–Kier alpha value is -6.06. The number of fused-ring (bicyclic) bond motifs is 13. The van der Waals surface area contributed by atoms with Crippen molar-refractivity contribution in [3.8, 4) is 39.3 Å². The molecule has 2 bridgehead atoms. The van der Waals surface area contributed by atoms with E-state index in [-0.39, 0.29) is 5.41 Å². The molecular weight excluding hydrogens is 667 g/mol. The quantitative estimate of drug-likeness (QED) is 0.183. The second-order valence-electron chi connectivity index (χ2n) is 17.4. The standard InChI is InChI=1S/C52H37N3/c1-2-10-32-25-35(18-17-31(32)9-1)49-50(54-44-15-7-6-14-43(44)53-49)55-45-16-8-4-12-38(45)40-27-34(20-22-46(40)55)33-19-21-42-39(26-33)37-11-3-5-13-41(37)52(42)47-24-30-23-36-28-48(52)51(36,47)29-30/h1-22,25-27,30,36,47-48H,23-24,28-29H2. The van der Waals surface area contributed by atoms with Crippen LogP contribution in [0.25, 0.3) is 82.9 Å². The highest BCUT2D eigenvalue weighted by Crippen LogP contribution is 2.89. The molecule has 5 aliphatic carbocycles. The summed E-state index contributed by atoms with van der Waals surface area (Å²) in [6.07, 6.45) is 5.89. The molecule has 0 aliphatic heterocycles. The average Bonchev–Trinajstić information content (AvgIpc) is 3.96. The van der Waals surface area contributed by atoms with Crippen molar-refractivity contribution in [2.75, 3.05) is 0 Å². The van der Waals surface area contributed by atoms with Crippen molar-refractivity contribution in [3.05, 3.63) is 163 Å². The highest BCUT2D eigenvalue weighted by molar-refractivity contribution is 6.11. The topological polar surface area (TPSA) is 30.7 Å². The molecule has 5 aliphatic rings. The van der Waals surface area contributed by atoms with E-state index in [1.165, 1.54) is 69.5 Å². The van der Waals surface area contributed by atoms with Crippen molar-refractivity contribution >= 4 is 43.6 Å². The summed E-state index contributed by atoms with van der Waals surface area (Å²) in [4.78, 5) is 10.7. The summed E-state index contributed by atoms with van der Waals surface area (Å²) in [5.41, 5.74) is 15.6. The van der Waals surface area contributed by atoms with E-state index in [2.05, 4.69) is 150 Å². The molecule has 0 radical (unpaired) electrons. The Morgan fingerprint density at radius 1 is 0.509 bits per heavy atom. The highest BCUT2D eigenvalue weighted by Gasteiger charge is 2.84. The first-order valence-corrected chi connectivity index (χ1v) is 20.2. The van der Waals surface area contributed by atoms with Crippen LogP contribution in [-0.2, 0) is 5.41 Å². The fourth-order valence-electron chi connectivity index (χ4n) is 13.6. The number of para-hydroxylation sites is 3. The van der Waals surface area contributed by atoms with Crippen LogP contribution in [0.2, 0.25) is 0 Å². The number of hydrogen-bond acceptors (Lipinski definition) is 2. The van der Waals surface area contributed by atoms with Gasteiger partial charge in [0.05, 0.1) is 22.1 Å². The van der Waals surface area contributed by atoms with Crippen LogP contribution in [-0.4, -0.2) is 14.5 Å². The zero-order valence-electron chi connectivity index (χ0n) is 30.4. The normalized spacial score (nSPS) is 26.4. The lowest BCUT2D eigenvalue weighted by molar-refractivity contribution is -0.231. The van der Waals surface area contributed by atoms with E-state index in [1.54, 1.807) is 11.1 Å².